The van der Waals surface area contributed by atoms with E-state index >= 15 is 0 Å². The molecule has 5 atom stereocenters. The van der Waals surface area contributed by atoms with Crippen LogP contribution in [0.25, 0.3) is 0 Å². The van der Waals surface area contributed by atoms with Gasteiger partial charge in [0.25, 0.3) is 5.91 Å². The second-order valence-corrected chi connectivity index (χ2v) is 14.2. The molecule has 8 nitrogen and oxygen atoms in total. The SMILES string of the molecule is C=CCN(C(=O)[C@@H]1[C@H]2C(=O)N(CCCCCO)C(C(=O)N(CC=C)c3c(C)cccc3Cl)C23CC[C@H]1S3)c1ccc(OCC)cc1. The van der Waals surface area contributed by atoms with Crippen molar-refractivity contribution in [2.75, 3.05) is 42.6 Å². The third-order valence-corrected chi connectivity index (χ3v) is 11.7. The van der Waals surface area contributed by atoms with Crippen molar-refractivity contribution in [3.05, 3.63) is 78.4 Å². The molecule has 246 valence electrons. The maximum absolute atomic E-state index is 14.9. The Kier molecular flexibility index (Phi) is 10.9. The lowest BCUT2D eigenvalue weighted by Gasteiger charge is -2.38. The number of para-hydroxylation sites is 1. The monoisotopic (exact) mass is 665 g/mol. The van der Waals surface area contributed by atoms with Crippen LogP contribution in [0.2, 0.25) is 5.02 Å². The highest BCUT2D eigenvalue weighted by Crippen LogP contribution is 2.67. The summed E-state index contributed by atoms with van der Waals surface area (Å²) >= 11 is 8.34. The van der Waals surface area contributed by atoms with Crippen LogP contribution in [0.1, 0.15) is 44.6 Å². The molecule has 0 radical (unpaired) electrons. The van der Waals surface area contributed by atoms with Crippen molar-refractivity contribution < 1.29 is 24.2 Å². The molecule has 2 bridgehead atoms. The molecular weight excluding hydrogens is 622 g/mol. The zero-order valence-corrected chi connectivity index (χ0v) is 28.3. The van der Waals surface area contributed by atoms with Crippen LogP contribution < -0.4 is 14.5 Å². The molecule has 0 saturated carbocycles. The van der Waals surface area contributed by atoms with Gasteiger partial charge in [-0.05, 0) is 81.8 Å². The number of aryl methyl sites for hydroxylation is 1. The van der Waals surface area contributed by atoms with E-state index < -0.39 is 22.6 Å². The Hall–Kier alpha value is -3.27. The molecule has 3 heterocycles. The molecule has 3 fully saturated rings. The smallest absolute Gasteiger partial charge is 0.251 e. The number of hydrogen-bond acceptors (Lipinski definition) is 6. The summed E-state index contributed by atoms with van der Waals surface area (Å²) < 4.78 is 4.86. The van der Waals surface area contributed by atoms with Crippen LogP contribution in [0.4, 0.5) is 11.4 Å². The Bertz CT molecular complexity index is 1450. The van der Waals surface area contributed by atoms with Crippen molar-refractivity contribution in [1.82, 2.24) is 4.90 Å². The first-order valence-electron chi connectivity index (χ1n) is 16.2. The number of rotatable bonds is 15. The number of halogens is 1. The van der Waals surface area contributed by atoms with Gasteiger partial charge in [-0.1, -0.05) is 35.9 Å². The first-order valence-corrected chi connectivity index (χ1v) is 17.4. The normalized spacial score (nSPS) is 24.5. The molecule has 3 aliphatic heterocycles. The predicted octanol–water partition coefficient (Wildman–Crippen LogP) is 6.04. The molecule has 3 aliphatic rings. The highest BCUT2D eigenvalue weighted by atomic mass is 35.5. The first-order chi connectivity index (χ1) is 22.2. The van der Waals surface area contributed by atoms with Crippen molar-refractivity contribution in [2.24, 2.45) is 11.8 Å². The van der Waals surface area contributed by atoms with Gasteiger partial charge >= 0.3 is 0 Å². The third kappa shape index (κ3) is 6.09. The molecule has 0 aromatic heterocycles. The number of amides is 3. The molecule has 2 unspecified atom stereocenters. The van der Waals surface area contributed by atoms with E-state index in [1.807, 2.05) is 50.2 Å². The van der Waals surface area contributed by atoms with Crippen LogP contribution in [0, 0.1) is 18.8 Å². The van der Waals surface area contributed by atoms with E-state index in [4.69, 9.17) is 16.3 Å². The molecule has 2 aromatic rings. The molecular formula is C36H44ClN3O5S. The van der Waals surface area contributed by atoms with Gasteiger partial charge in [-0.15, -0.1) is 24.9 Å². The minimum Gasteiger partial charge on any atom is -0.494 e. The van der Waals surface area contributed by atoms with Crippen molar-refractivity contribution in [3.8, 4) is 5.75 Å². The summed E-state index contributed by atoms with van der Waals surface area (Å²) in [6.07, 6.45) is 6.76. The van der Waals surface area contributed by atoms with Crippen molar-refractivity contribution in [1.29, 1.82) is 0 Å². The van der Waals surface area contributed by atoms with Gasteiger partial charge in [-0.25, -0.2) is 0 Å². The Morgan fingerprint density at radius 2 is 1.80 bits per heavy atom. The van der Waals surface area contributed by atoms with Crippen LogP contribution in [-0.2, 0) is 14.4 Å². The predicted molar refractivity (Wildman–Crippen MR) is 186 cm³/mol. The van der Waals surface area contributed by atoms with Gasteiger partial charge in [0, 0.05) is 37.2 Å². The lowest BCUT2D eigenvalue weighted by Crippen LogP contribution is -2.55. The van der Waals surface area contributed by atoms with Gasteiger partial charge in [0.05, 0.1) is 33.9 Å². The summed E-state index contributed by atoms with van der Waals surface area (Å²) in [7, 11) is 0. The quantitative estimate of drug-likeness (QED) is 0.184. The largest absolute Gasteiger partial charge is 0.494 e. The Labute approximate surface area is 281 Å². The van der Waals surface area contributed by atoms with E-state index in [-0.39, 0.29) is 36.1 Å². The standard InChI is InChI=1S/C36H44ClN3O5S/c1-5-20-38(25-14-16-26(17-15-25)45-7-3)33(42)29-28-18-19-36(46-28)30(29)34(43)40(22-9-8-10-23-41)32(36)35(44)39(21-6-2)31-24(4)12-11-13-27(31)37/h5-6,11-17,28-30,32,41H,1-2,7-10,18-23H2,3-4H3/t28-,29+,30+,32?,36?/m1/s1. The van der Waals surface area contributed by atoms with E-state index in [1.54, 1.807) is 44.7 Å². The number of unbranched alkanes of at least 4 members (excludes halogenated alkanes) is 2. The van der Waals surface area contributed by atoms with Crippen molar-refractivity contribution in [3.63, 3.8) is 0 Å². The number of aliphatic hydroxyl groups excluding tert-OH is 1. The van der Waals surface area contributed by atoms with E-state index in [9.17, 15) is 19.5 Å². The zero-order valence-electron chi connectivity index (χ0n) is 26.7. The van der Waals surface area contributed by atoms with E-state index in [0.717, 1.165) is 18.4 Å². The van der Waals surface area contributed by atoms with Crippen LogP contribution >= 0.6 is 23.4 Å². The molecule has 1 spiro atoms. The molecule has 10 heteroatoms. The number of thioether (sulfide) groups is 1. The summed E-state index contributed by atoms with van der Waals surface area (Å²) in [6.45, 7) is 13.2. The van der Waals surface area contributed by atoms with Crippen molar-refractivity contribution in [2.45, 2.75) is 62.0 Å². The fourth-order valence-electron chi connectivity index (χ4n) is 7.58. The summed E-state index contributed by atoms with van der Waals surface area (Å²) in [5.74, 6) is -0.970. The Morgan fingerprint density at radius 1 is 1.09 bits per heavy atom. The van der Waals surface area contributed by atoms with E-state index in [2.05, 4.69) is 13.2 Å². The Balaban J connectivity index is 1.54. The van der Waals surface area contributed by atoms with Gasteiger partial charge < -0.3 is 24.5 Å². The molecule has 3 amide bonds. The maximum Gasteiger partial charge on any atom is 0.251 e. The van der Waals surface area contributed by atoms with Gasteiger partial charge in [-0.2, -0.15) is 0 Å². The fourth-order valence-corrected chi connectivity index (χ4v) is 10.1. The summed E-state index contributed by atoms with van der Waals surface area (Å²) in [5, 5.41) is 9.75. The molecule has 0 aliphatic carbocycles. The fraction of sp³-hybridized carbons (Fsp3) is 0.472. The number of likely N-dealkylation sites (tertiary alicyclic amines) is 1. The van der Waals surface area contributed by atoms with Crippen LogP contribution in [0.3, 0.4) is 0 Å². The van der Waals surface area contributed by atoms with Gasteiger partial charge in [-0.3, -0.25) is 14.4 Å². The molecule has 46 heavy (non-hydrogen) atoms. The average molecular weight is 666 g/mol. The lowest BCUT2D eigenvalue weighted by atomic mass is 9.70. The zero-order chi connectivity index (χ0) is 33.0. The van der Waals surface area contributed by atoms with Crippen LogP contribution in [0.5, 0.6) is 5.75 Å². The number of carbonyl (C=O) groups is 3. The van der Waals surface area contributed by atoms with Crippen LogP contribution in [0.15, 0.2) is 67.8 Å². The topological polar surface area (TPSA) is 90.4 Å². The first kappa shape index (κ1) is 34.1. The van der Waals surface area contributed by atoms with E-state index in [1.165, 1.54) is 0 Å². The maximum atomic E-state index is 14.9. The molecule has 5 rings (SSSR count). The van der Waals surface area contributed by atoms with Gasteiger partial charge in [0.15, 0.2) is 0 Å². The number of fused-ring (bicyclic) bond motifs is 1. The molecule has 1 N–H and O–H groups in total. The van der Waals surface area contributed by atoms with Crippen LogP contribution in [-0.4, -0.2) is 76.6 Å². The average Bonchev–Trinajstić information content (AvgIpc) is 3.69. The van der Waals surface area contributed by atoms with Gasteiger partial charge in [0.2, 0.25) is 11.8 Å². The highest BCUT2D eigenvalue weighted by Gasteiger charge is 2.74. The molecule has 3 saturated heterocycles. The van der Waals surface area contributed by atoms with Gasteiger partial charge in [0.1, 0.15) is 11.8 Å². The lowest BCUT2D eigenvalue weighted by molar-refractivity contribution is -0.139. The highest BCUT2D eigenvalue weighted by molar-refractivity contribution is 8.02. The number of benzene rings is 2. The number of aliphatic hydroxyl groups is 1. The number of ether oxygens (including phenoxy) is 1. The summed E-state index contributed by atoms with van der Waals surface area (Å²) in [5.41, 5.74) is 2.17. The third-order valence-electron chi connectivity index (χ3n) is 9.45. The second-order valence-electron chi connectivity index (χ2n) is 12.2. The Morgan fingerprint density at radius 3 is 2.46 bits per heavy atom. The summed E-state index contributed by atoms with van der Waals surface area (Å²) in [4.78, 5) is 49.1. The minimum absolute atomic E-state index is 0.0700. The second kappa shape index (κ2) is 14.7. The van der Waals surface area contributed by atoms with E-state index in [0.29, 0.717) is 61.1 Å². The number of anilines is 2. The number of hydrogen-bond donors (Lipinski definition) is 1. The minimum atomic E-state index is -0.763. The summed E-state index contributed by atoms with van der Waals surface area (Å²) in [6, 6.07) is 12.2. The number of carbonyl (C=O) groups excluding carboxylic acids is 3. The number of nitrogens with zero attached hydrogens (tertiary/aromatic N) is 3. The van der Waals surface area contributed by atoms with Crippen molar-refractivity contribution >= 4 is 52.5 Å². The molecule has 2 aromatic carbocycles.